The van der Waals surface area contributed by atoms with Crippen LogP contribution in [0.5, 0.6) is 0 Å². The Bertz CT molecular complexity index is 1350. The maximum atomic E-state index is 12.5. The predicted molar refractivity (Wildman–Crippen MR) is 118 cm³/mol. The SMILES string of the molecule is O=[N+]([O-])c1cccc(S(=O)(=O)N/N=C\c2cn(-c3ccccc3)nc2-c2cccs2)c1. The third-order valence-corrected chi connectivity index (χ3v) is 6.33. The lowest BCUT2D eigenvalue weighted by molar-refractivity contribution is -0.385. The Labute approximate surface area is 181 Å². The molecule has 2 aromatic heterocycles. The Morgan fingerprint density at radius 1 is 1.10 bits per heavy atom. The van der Waals surface area contributed by atoms with Gasteiger partial charge in [0.1, 0.15) is 5.69 Å². The Balaban J connectivity index is 1.63. The third kappa shape index (κ3) is 4.52. The fourth-order valence-corrected chi connectivity index (χ4v) is 4.34. The molecule has 0 spiro atoms. The smallest absolute Gasteiger partial charge is 0.258 e. The molecule has 1 N–H and O–H groups in total. The molecule has 2 aromatic carbocycles. The van der Waals surface area contributed by atoms with E-state index in [1.807, 2.05) is 47.8 Å². The number of non-ortho nitro benzene ring substituents is 1. The van der Waals surface area contributed by atoms with E-state index in [1.54, 1.807) is 10.9 Å². The van der Waals surface area contributed by atoms with Crippen molar-refractivity contribution < 1.29 is 13.3 Å². The van der Waals surface area contributed by atoms with E-state index in [-0.39, 0.29) is 10.6 Å². The number of para-hydroxylation sites is 1. The van der Waals surface area contributed by atoms with Crippen LogP contribution in [0.2, 0.25) is 0 Å². The molecule has 0 saturated heterocycles. The molecule has 156 valence electrons. The molecule has 0 radical (unpaired) electrons. The van der Waals surface area contributed by atoms with Crippen molar-refractivity contribution in [3.05, 3.63) is 94.0 Å². The number of nitro benzene ring substituents is 1. The zero-order valence-electron chi connectivity index (χ0n) is 15.8. The van der Waals surface area contributed by atoms with Crippen molar-refractivity contribution >= 4 is 33.3 Å². The minimum absolute atomic E-state index is 0.252. The maximum absolute atomic E-state index is 12.5. The summed E-state index contributed by atoms with van der Waals surface area (Å²) in [5, 5.41) is 21.3. The van der Waals surface area contributed by atoms with Crippen molar-refractivity contribution in [2.45, 2.75) is 4.90 Å². The molecule has 0 aliphatic rings. The maximum Gasteiger partial charge on any atom is 0.276 e. The number of hydrogen-bond donors (Lipinski definition) is 1. The summed E-state index contributed by atoms with van der Waals surface area (Å²) >= 11 is 1.50. The standard InChI is InChI=1S/C20H15N5O4S2/c26-25(27)17-8-4-9-18(12-17)31(28,29)23-21-13-15-14-24(16-6-2-1-3-7-16)22-20(15)19-10-5-11-30-19/h1-14,23H/b21-13-. The van der Waals surface area contributed by atoms with Crippen LogP contribution in [-0.2, 0) is 10.0 Å². The van der Waals surface area contributed by atoms with E-state index in [0.717, 1.165) is 16.6 Å². The number of sulfonamides is 1. The van der Waals surface area contributed by atoms with Gasteiger partial charge in [0.25, 0.3) is 15.7 Å². The summed E-state index contributed by atoms with van der Waals surface area (Å²) in [5.74, 6) is 0. The van der Waals surface area contributed by atoms with Gasteiger partial charge >= 0.3 is 0 Å². The van der Waals surface area contributed by atoms with Gasteiger partial charge in [-0.25, -0.2) is 9.51 Å². The van der Waals surface area contributed by atoms with Crippen LogP contribution >= 0.6 is 11.3 Å². The fraction of sp³-hybridized carbons (Fsp3) is 0. The second-order valence-corrected chi connectivity index (χ2v) is 8.91. The Morgan fingerprint density at radius 2 is 1.90 bits per heavy atom. The van der Waals surface area contributed by atoms with Crippen molar-refractivity contribution in [3.8, 4) is 16.3 Å². The van der Waals surface area contributed by atoms with Gasteiger partial charge in [0, 0.05) is 23.9 Å². The van der Waals surface area contributed by atoms with Gasteiger partial charge in [-0.1, -0.05) is 30.3 Å². The molecule has 0 amide bonds. The van der Waals surface area contributed by atoms with Gasteiger partial charge in [-0.3, -0.25) is 10.1 Å². The number of aromatic nitrogens is 2. The molecule has 0 aliphatic carbocycles. The molecule has 11 heteroatoms. The molecule has 31 heavy (non-hydrogen) atoms. The second-order valence-electron chi connectivity index (χ2n) is 6.30. The number of thiophene rings is 1. The van der Waals surface area contributed by atoms with Gasteiger partial charge in [0.2, 0.25) is 0 Å². The van der Waals surface area contributed by atoms with Gasteiger partial charge in [-0.05, 0) is 29.6 Å². The molecule has 4 rings (SSSR count). The summed E-state index contributed by atoms with van der Waals surface area (Å²) in [7, 11) is -4.08. The van der Waals surface area contributed by atoms with E-state index in [0.29, 0.717) is 11.3 Å². The van der Waals surface area contributed by atoms with Gasteiger partial charge in [0.05, 0.1) is 26.6 Å². The van der Waals surface area contributed by atoms with Crippen molar-refractivity contribution in [2.24, 2.45) is 5.10 Å². The number of rotatable bonds is 7. The number of nitro groups is 1. The number of hydrazone groups is 1. The average molecular weight is 454 g/mol. The molecular formula is C20H15N5O4S2. The average Bonchev–Trinajstić information content (AvgIpc) is 3.44. The second kappa shape index (κ2) is 8.50. The Morgan fingerprint density at radius 3 is 2.61 bits per heavy atom. The summed E-state index contributed by atoms with van der Waals surface area (Å²) in [6, 6.07) is 18.0. The zero-order chi connectivity index (χ0) is 21.8. The minimum atomic E-state index is -4.08. The largest absolute Gasteiger partial charge is 0.276 e. The molecule has 4 aromatic rings. The van der Waals surface area contributed by atoms with Crippen molar-refractivity contribution in [1.82, 2.24) is 14.6 Å². The molecule has 0 aliphatic heterocycles. The number of nitrogens with one attached hydrogen (secondary N) is 1. The lowest BCUT2D eigenvalue weighted by atomic mass is 10.2. The van der Waals surface area contributed by atoms with Gasteiger partial charge in [0.15, 0.2) is 0 Å². The first-order valence-corrected chi connectivity index (χ1v) is 11.3. The van der Waals surface area contributed by atoms with E-state index < -0.39 is 14.9 Å². The van der Waals surface area contributed by atoms with Crippen LogP contribution in [0.25, 0.3) is 16.3 Å². The fourth-order valence-electron chi connectivity index (χ4n) is 2.78. The molecule has 2 heterocycles. The highest BCUT2D eigenvalue weighted by Gasteiger charge is 2.17. The van der Waals surface area contributed by atoms with E-state index in [1.165, 1.54) is 35.8 Å². The van der Waals surface area contributed by atoms with E-state index in [9.17, 15) is 18.5 Å². The Hall–Kier alpha value is -3.83. The van der Waals surface area contributed by atoms with Crippen molar-refractivity contribution in [2.75, 3.05) is 0 Å². The van der Waals surface area contributed by atoms with Crippen LogP contribution in [0.15, 0.2) is 88.3 Å². The van der Waals surface area contributed by atoms with E-state index in [4.69, 9.17) is 0 Å². The first kappa shape index (κ1) is 20.4. The summed E-state index contributed by atoms with van der Waals surface area (Å²) < 4.78 is 26.6. The van der Waals surface area contributed by atoms with E-state index >= 15 is 0 Å². The monoisotopic (exact) mass is 453 g/mol. The number of benzene rings is 2. The number of nitrogens with zero attached hydrogens (tertiary/aromatic N) is 4. The lowest BCUT2D eigenvalue weighted by Gasteiger charge is -2.02. The normalized spacial score (nSPS) is 11.6. The molecule has 0 atom stereocenters. The van der Waals surface area contributed by atoms with Crippen molar-refractivity contribution in [1.29, 1.82) is 0 Å². The molecule has 9 nitrogen and oxygen atoms in total. The molecule has 0 saturated carbocycles. The van der Waals surface area contributed by atoms with Crippen LogP contribution < -0.4 is 4.83 Å². The zero-order valence-corrected chi connectivity index (χ0v) is 17.5. The first-order chi connectivity index (χ1) is 14.9. The van der Waals surface area contributed by atoms with Crippen LogP contribution in [0.1, 0.15) is 5.56 Å². The summed E-state index contributed by atoms with van der Waals surface area (Å²) in [6.45, 7) is 0. The number of hydrogen-bond acceptors (Lipinski definition) is 7. The van der Waals surface area contributed by atoms with Crippen LogP contribution in [0.3, 0.4) is 0 Å². The summed E-state index contributed by atoms with van der Waals surface area (Å²) in [6.07, 6.45) is 3.10. The predicted octanol–water partition coefficient (Wildman–Crippen LogP) is 3.82. The summed E-state index contributed by atoms with van der Waals surface area (Å²) in [5.41, 5.74) is 1.78. The van der Waals surface area contributed by atoms with Gasteiger partial charge < -0.3 is 0 Å². The minimum Gasteiger partial charge on any atom is -0.258 e. The molecule has 0 fully saturated rings. The highest BCUT2D eigenvalue weighted by atomic mass is 32.2. The summed E-state index contributed by atoms with van der Waals surface area (Å²) in [4.78, 5) is 13.0. The molecule has 0 bridgehead atoms. The van der Waals surface area contributed by atoms with Gasteiger partial charge in [-0.15, -0.1) is 11.3 Å². The highest BCUT2D eigenvalue weighted by molar-refractivity contribution is 7.89. The molecule has 0 unspecified atom stereocenters. The van der Waals surface area contributed by atoms with Crippen LogP contribution in [0.4, 0.5) is 5.69 Å². The third-order valence-electron chi connectivity index (χ3n) is 4.23. The molecular weight excluding hydrogens is 438 g/mol. The van der Waals surface area contributed by atoms with Crippen LogP contribution in [-0.4, -0.2) is 29.3 Å². The quantitative estimate of drug-likeness (QED) is 0.259. The van der Waals surface area contributed by atoms with Crippen molar-refractivity contribution in [3.63, 3.8) is 0 Å². The van der Waals surface area contributed by atoms with Gasteiger partial charge in [-0.2, -0.15) is 18.6 Å². The van der Waals surface area contributed by atoms with Crippen LogP contribution in [0, 0.1) is 10.1 Å². The topological polar surface area (TPSA) is 119 Å². The lowest BCUT2D eigenvalue weighted by Crippen LogP contribution is -2.18. The highest BCUT2D eigenvalue weighted by Crippen LogP contribution is 2.27. The Kier molecular flexibility index (Phi) is 5.60. The first-order valence-electron chi connectivity index (χ1n) is 8.92. The van der Waals surface area contributed by atoms with E-state index in [2.05, 4.69) is 15.0 Å².